The number of carbonyl (C=O) groups excluding carboxylic acids is 1. The molecule has 1 atom stereocenters. The summed E-state index contributed by atoms with van der Waals surface area (Å²) in [6.07, 6.45) is 5.79. The number of nitrogens with one attached hydrogen (secondary N) is 4. The predicted octanol–water partition coefficient (Wildman–Crippen LogP) is 2.31. The average Bonchev–Trinajstić information content (AvgIpc) is 3.55. The Bertz CT molecular complexity index is 1420. The van der Waals surface area contributed by atoms with Crippen LogP contribution in [0.4, 0.5) is 14.5 Å². The fraction of sp³-hybridized carbons (Fsp3) is 0.261. The Labute approximate surface area is 200 Å². The van der Waals surface area contributed by atoms with Gasteiger partial charge >= 0.3 is 0 Å². The van der Waals surface area contributed by atoms with E-state index in [1.54, 1.807) is 13.0 Å². The lowest BCUT2D eigenvalue weighted by Gasteiger charge is -2.22. The smallest absolute Gasteiger partial charge is 0.279 e. The van der Waals surface area contributed by atoms with Gasteiger partial charge in [0.05, 0.1) is 17.6 Å². The Morgan fingerprint density at radius 1 is 1.23 bits per heavy atom. The Balaban J connectivity index is 1.47. The summed E-state index contributed by atoms with van der Waals surface area (Å²) in [6.45, 7) is 2.38. The van der Waals surface area contributed by atoms with E-state index in [1.807, 2.05) is 0 Å². The molecule has 12 heteroatoms. The maximum atomic E-state index is 15.4. The summed E-state index contributed by atoms with van der Waals surface area (Å²) in [4.78, 5) is 21.4. The first-order valence-corrected chi connectivity index (χ1v) is 12.4. The third kappa shape index (κ3) is 4.48. The number of anilines is 1. The monoisotopic (exact) mass is 500 g/mol. The zero-order valence-corrected chi connectivity index (χ0v) is 19.4. The number of hydrogen-bond acceptors (Lipinski definition) is 8. The number of sulfonamides is 1. The summed E-state index contributed by atoms with van der Waals surface area (Å²) in [5.41, 5.74) is -0.349. The molecule has 1 saturated carbocycles. The van der Waals surface area contributed by atoms with Gasteiger partial charge in [-0.25, -0.2) is 18.8 Å². The standard InChI is InChI=1S/C23H22F2N6O3S/c1-12-6-7-26-17(8-12)35(33,34)31-16-5-4-15(24)19(20(16)25)21(32)14-10-28-23-18(14)22(29-11-30-23)27-9-13-2-3-13/h4-8,10-11,13,23,27-28,31H,2-3,9H2,1H3,(H,29,30). The molecule has 0 bridgehead atoms. The molecule has 1 unspecified atom stereocenters. The van der Waals surface area contributed by atoms with Crippen molar-refractivity contribution in [3.63, 3.8) is 0 Å². The van der Waals surface area contributed by atoms with Gasteiger partial charge in [-0.2, -0.15) is 8.42 Å². The van der Waals surface area contributed by atoms with Crippen molar-refractivity contribution in [1.82, 2.24) is 20.9 Å². The van der Waals surface area contributed by atoms with Crippen LogP contribution < -0.4 is 20.7 Å². The van der Waals surface area contributed by atoms with Gasteiger partial charge in [-0.3, -0.25) is 9.52 Å². The molecule has 3 heterocycles. The number of nitrogens with zero attached hydrogens (tertiary/aromatic N) is 2. The van der Waals surface area contributed by atoms with E-state index in [2.05, 4.69) is 30.6 Å². The largest absolute Gasteiger partial charge is 0.371 e. The first-order valence-electron chi connectivity index (χ1n) is 11.0. The summed E-state index contributed by atoms with van der Waals surface area (Å²) in [5, 5.41) is 8.80. The van der Waals surface area contributed by atoms with Crippen molar-refractivity contribution >= 4 is 27.8 Å². The second-order valence-corrected chi connectivity index (χ2v) is 10.2. The van der Waals surface area contributed by atoms with Crippen LogP contribution in [-0.2, 0) is 10.0 Å². The molecule has 0 amide bonds. The minimum atomic E-state index is -4.28. The van der Waals surface area contributed by atoms with Crippen LogP contribution in [0.5, 0.6) is 0 Å². The van der Waals surface area contributed by atoms with Gasteiger partial charge in [0.1, 0.15) is 17.8 Å². The van der Waals surface area contributed by atoms with Gasteiger partial charge in [0.25, 0.3) is 10.0 Å². The molecule has 1 fully saturated rings. The highest BCUT2D eigenvalue weighted by atomic mass is 32.2. The third-order valence-electron chi connectivity index (χ3n) is 5.89. The molecule has 1 aromatic carbocycles. The summed E-state index contributed by atoms with van der Waals surface area (Å²) in [7, 11) is -4.28. The summed E-state index contributed by atoms with van der Waals surface area (Å²) in [5.74, 6) is -2.30. The van der Waals surface area contributed by atoms with Gasteiger partial charge in [0.15, 0.2) is 10.8 Å². The molecule has 2 aliphatic heterocycles. The summed E-state index contributed by atoms with van der Waals surface area (Å²) in [6, 6.07) is 4.69. The summed E-state index contributed by atoms with van der Waals surface area (Å²) >= 11 is 0. The van der Waals surface area contributed by atoms with E-state index in [0.29, 0.717) is 29.4 Å². The van der Waals surface area contributed by atoms with Crippen molar-refractivity contribution in [2.24, 2.45) is 10.9 Å². The number of ketones is 1. The fourth-order valence-corrected chi connectivity index (χ4v) is 4.94. The van der Waals surface area contributed by atoms with Crippen molar-refractivity contribution in [3.8, 4) is 0 Å². The lowest BCUT2D eigenvalue weighted by Crippen LogP contribution is -2.37. The van der Waals surface area contributed by atoms with Gasteiger partial charge in [-0.05, 0) is 55.5 Å². The molecule has 4 N–H and O–H groups in total. The molecule has 9 nitrogen and oxygen atoms in total. The van der Waals surface area contributed by atoms with Gasteiger partial charge < -0.3 is 16.0 Å². The number of aliphatic imine (C=N–C) groups is 1. The van der Waals surface area contributed by atoms with E-state index in [-0.39, 0.29) is 10.6 Å². The molecule has 2 aromatic rings. The number of aryl methyl sites for hydroxylation is 1. The highest BCUT2D eigenvalue weighted by molar-refractivity contribution is 7.92. The first-order chi connectivity index (χ1) is 16.7. The minimum absolute atomic E-state index is 0.0239. The maximum Gasteiger partial charge on any atom is 0.279 e. The fourth-order valence-electron chi connectivity index (χ4n) is 3.84. The molecular weight excluding hydrogens is 478 g/mol. The number of hydrogen-bond donors (Lipinski definition) is 4. The van der Waals surface area contributed by atoms with E-state index in [1.165, 1.54) is 24.8 Å². The molecule has 35 heavy (non-hydrogen) atoms. The molecular formula is C23H22F2N6O3S. The van der Waals surface area contributed by atoms with Crippen molar-refractivity contribution in [3.05, 3.63) is 76.4 Å². The lowest BCUT2D eigenvalue weighted by atomic mass is 9.96. The van der Waals surface area contributed by atoms with Crippen molar-refractivity contribution < 1.29 is 22.0 Å². The lowest BCUT2D eigenvalue weighted by molar-refractivity contribution is 0.102. The number of pyridine rings is 1. The van der Waals surface area contributed by atoms with Crippen LogP contribution in [0, 0.1) is 24.5 Å². The normalized spacial score (nSPS) is 18.9. The number of halogens is 2. The Morgan fingerprint density at radius 2 is 2.03 bits per heavy atom. The highest BCUT2D eigenvalue weighted by Crippen LogP contribution is 2.33. The number of rotatable bonds is 8. The molecule has 5 rings (SSSR count). The molecule has 182 valence electrons. The van der Waals surface area contributed by atoms with Crippen LogP contribution in [0.25, 0.3) is 0 Å². The number of Topliss-reactive ketones (excluding diaryl/α,β-unsaturated/α-hetero) is 1. The first kappa shape index (κ1) is 23.0. The molecule has 1 aromatic heterocycles. The van der Waals surface area contributed by atoms with Crippen LogP contribution in [0.1, 0.15) is 28.8 Å². The van der Waals surface area contributed by atoms with Crippen molar-refractivity contribution in [2.45, 2.75) is 31.0 Å². The van der Waals surface area contributed by atoms with Crippen LogP contribution in [-0.4, -0.2) is 38.2 Å². The molecule has 0 radical (unpaired) electrons. The Morgan fingerprint density at radius 3 is 2.77 bits per heavy atom. The van der Waals surface area contributed by atoms with Gasteiger partial charge in [0.2, 0.25) is 5.78 Å². The zero-order valence-electron chi connectivity index (χ0n) is 18.6. The van der Waals surface area contributed by atoms with Gasteiger partial charge in [-0.1, -0.05) is 0 Å². The second kappa shape index (κ2) is 8.77. The molecule has 3 aliphatic rings. The van der Waals surface area contributed by atoms with E-state index >= 15 is 4.39 Å². The molecule has 1 aliphatic carbocycles. The van der Waals surface area contributed by atoms with E-state index in [9.17, 15) is 17.6 Å². The second-order valence-electron chi connectivity index (χ2n) is 8.55. The van der Waals surface area contributed by atoms with Crippen molar-refractivity contribution in [2.75, 3.05) is 11.3 Å². The zero-order chi connectivity index (χ0) is 24.7. The van der Waals surface area contributed by atoms with Crippen LogP contribution in [0.15, 0.2) is 63.6 Å². The number of benzene rings is 1. The van der Waals surface area contributed by atoms with Crippen molar-refractivity contribution in [1.29, 1.82) is 0 Å². The topological polar surface area (TPSA) is 125 Å². The Hall–Kier alpha value is -3.80. The van der Waals surface area contributed by atoms with Gasteiger partial charge in [-0.15, -0.1) is 0 Å². The molecule has 0 saturated heterocycles. The Kier molecular flexibility index (Phi) is 5.75. The van der Waals surface area contributed by atoms with Crippen LogP contribution in [0.3, 0.4) is 0 Å². The maximum absolute atomic E-state index is 15.4. The number of aromatic nitrogens is 1. The van der Waals surface area contributed by atoms with Gasteiger partial charge in [0, 0.05) is 30.1 Å². The molecule has 0 spiro atoms. The number of fused-ring (bicyclic) bond motifs is 1. The summed E-state index contributed by atoms with van der Waals surface area (Å²) < 4.78 is 57.7. The SMILES string of the molecule is Cc1ccnc(S(=O)(=O)Nc2ccc(F)c(C(=O)C3=CNC4N=CNC(NCC5CC5)=C34)c2F)c1. The van der Waals surface area contributed by atoms with E-state index in [0.717, 1.165) is 25.0 Å². The average molecular weight is 501 g/mol. The van der Waals surface area contributed by atoms with E-state index < -0.39 is 44.9 Å². The van der Waals surface area contributed by atoms with Crippen LogP contribution >= 0.6 is 0 Å². The third-order valence-corrected chi connectivity index (χ3v) is 7.15. The van der Waals surface area contributed by atoms with Crippen LogP contribution in [0.2, 0.25) is 0 Å². The minimum Gasteiger partial charge on any atom is -0.371 e. The highest BCUT2D eigenvalue weighted by Gasteiger charge is 2.36. The van der Waals surface area contributed by atoms with E-state index in [4.69, 9.17) is 0 Å². The predicted molar refractivity (Wildman–Crippen MR) is 125 cm³/mol. The number of carbonyl (C=O) groups is 1. The quantitative estimate of drug-likeness (QED) is 0.410.